The smallest absolute Gasteiger partial charge is 0.307 e. The van der Waals surface area contributed by atoms with E-state index in [4.69, 9.17) is 5.11 Å². The molecule has 1 N–H and O–H groups in total. The van der Waals surface area contributed by atoms with Crippen LogP contribution in [0, 0.1) is 12.8 Å². The van der Waals surface area contributed by atoms with Gasteiger partial charge in [0.25, 0.3) is 0 Å². The minimum atomic E-state index is -0.760. The Morgan fingerprint density at radius 1 is 1.33 bits per heavy atom. The normalized spacial score (nSPS) is 10.7. The van der Waals surface area contributed by atoms with Crippen molar-refractivity contribution >= 4 is 5.97 Å². The molecule has 0 saturated heterocycles. The first kappa shape index (κ1) is 11.8. The first-order valence-corrected chi connectivity index (χ1v) is 5.29. The van der Waals surface area contributed by atoms with E-state index in [1.807, 2.05) is 19.1 Å². The molecule has 2 nitrogen and oxygen atoms in total. The Kier molecular flexibility index (Phi) is 3.89. The number of aryl methyl sites for hydroxylation is 1. The first-order valence-electron chi connectivity index (χ1n) is 5.29. The van der Waals surface area contributed by atoms with Crippen molar-refractivity contribution in [2.45, 2.75) is 33.6 Å². The number of hydrogen-bond donors (Lipinski definition) is 1. The van der Waals surface area contributed by atoms with E-state index < -0.39 is 5.97 Å². The van der Waals surface area contributed by atoms with E-state index >= 15 is 0 Å². The van der Waals surface area contributed by atoms with Crippen LogP contribution in [0.25, 0.3) is 0 Å². The average molecular weight is 206 g/mol. The molecule has 0 atom stereocenters. The molecule has 0 heterocycles. The maximum absolute atomic E-state index is 10.7. The quantitative estimate of drug-likeness (QED) is 0.822. The summed E-state index contributed by atoms with van der Waals surface area (Å²) >= 11 is 0. The van der Waals surface area contributed by atoms with Crippen LogP contribution in [0.5, 0.6) is 0 Å². The van der Waals surface area contributed by atoms with Gasteiger partial charge in [0.2, 0.25) is 0 Å². The molecule has 82 valence electrons. The van der Waals surface area contributed by atoms with Crippen LogP contribution < -0.4 is 0 Å². The van der Waals surface area contributed by atoms with Gasteiger partial charge in [0, 0.05) is 0 Å². The fourth-order valence-electron chi connectivity index (χ4n) is 1.72. The van der Waals surface area contributed by atoms with Crippen LogP contribution in [0.1, 0.15) is 30.5 Å². The Morgan fingerprint density at radius 3 is 2.53 bits per heavy atom. The van der Waals surface area contributed by atoms with Gasteiger partial charge in [-0.3, -0.25) is 4.79 Å². The predicted octanol–water partition coefficient (Wildman–Crippen LogP) is 2.82. The van der Waals surface area contributed by atoms with E-state index in [0.717, 1.165) is 12.0 Å². The second-order valence-corrected chi connectivity index (χ2v) is 4.44. The second kappa shape index (κ2) is 4.96. The Bertz CT molecular complexity index is 354. The molecule has 0 spiro atoms. The molecule has 0 aliphatic heterocycles. The number of benzene rings is 1. The van der Waals surface area contributed by atoms with Gasteiger partial charge in [-0.2, -0.15) is 0 Å². The predicted molar refractivity (Wildman–Crippen MR) is 61.1 cm³/mol. The zero-order chi connectivity index (χ0) is 11.4. The van der Waals surface area contributed by atoms with Gasteiger partial charge in [-0.25, -0.2) is 0 Å². The highest BCUT2D eigenvalue weighted by Gasteiger charge is 2.08. The lowest BCUT2D eigenvalue weighted by atomic mass is 9.95. The molecule has 0 aliphatic rings. The van der Waals surface area contributed by atoms with Crippen molar-refractivity contribution in [1.29, 1.82) is 0 Å². The van der Waals surface area contributed by atoms with E-state index in [1.165, 1.54) is 11.1 Å². The lowest BCUT2D eigenvalue weighted by Gasteiger charge is -2.11. The minimum absolute atomic E-state index is 0.127. The molecule has 1 aromatic rings. The maximum Gasteiger partial charge on any atom is 0.307 e. The molecule has 0 unspecified atom stereocenters. The summed E-state index contributed by atoms with van der Waals surface area (Å²) < 4.78 is 0. The van der Waals surface area contributed by atoms with Crippen molar-refractivity contribution in [3.63, 3.8) is 0 Å². The zero-order valence-electron chi connectivity index (χ0n) is 9.58. The molecule has 1 rings (SSSR count). The van der Waals surface area contributed by atoms with Crippen LogP contribution in [0.4, 0.5) is 0 Å². The first-order chi connectivity index (χ1) is 6.99. The van der Waals surface area contributed by atoms with Crippen LogP contribution in [-0.2, 0) is 17.6 Å². The summed E-state index contributed by atoms with van der Waals surface area (Å²) in [6.45, 7) is 6.33. The molecule has 2 heteroatoms. The molecule has 0 aliphatic carbocycles. The molecule has 0 amide bonds. The highest BCUT2D eigenvalue weighted by atomic mass is 16.4. The van der Waals surface area contributed by atoms with Crippen molar-refractivity contribution in [1.82, 2.24) is 0 Å². The van der Waals surface area contributed by atoms with Crippen molar-refractivity contribution in [2.24, 2.45) is 5.92 Å². The zero-order valence-corrected chi connectivity index (χ0v) is 9.58. The topological polar surface area (TPSA) is 37.3 Å². The SMILES string of the molecule is Cc1ccc(CC(=O)O)c(CC(C)C)c1. The number of hydrogen-bond acceptors (Lipinski definition) is 1. The monoisotopic (exact) mass is 206 g/mol. The largest absolute Gasteiger partial charge is 0.481 e. The summed E-state index contributed by atoms with van der Waals surface area (Å²) in [5, 5.41) is 8.79. The lowest BCUT2D eigenvalue weighted by Crippen LogP contribution is -2.06. The summed E-state index contributed by atoms with van der Waals surface area (Å²) in [5.74, 6) is -0.205. The van der Waals surface area contributed by atoms with Gasteiger partial charge in [0.1, 0.15) is 0 Å². The van der Waals surface area contributed by atoms with Gasteiger partial charge in [-0.1, -0.05) is 37.6 Å². The van der Waals surface area contributed by atoms with Gasteiger partial charge in [-0.15, -0.1) is 0 Å². The summed E-state index contributed by atoms with van der Waals surface area (Å²) in [6.07, 6.45) is 1.08. The summed E-state index contributed by atoms with van der Waals surface area (Å²) in [5.41, 5.74) is 3.31. The summed E-state index contributed by atoms with van der Waals surface area (Å²) in [4.78, 5) is 10.7. The van der Waals surface area contributed by atoms with Crippen LogP contribution in [0.3, 0.4) is 0 Å². The lowest BCUT2D eigenvalue weighted by molar-refractivity contribution is -0.136. The number of rotatable bonds is 4. The Hall–Kier alpha value is -1.31. The molecular weight excluding hydrogens is 188 g/mol. The highest BCUT2D eigenvalue weighted by Crippen LogP contribution is 2.16. The Balaban J connectivity index is 2.97. The standard InChI is InChI=1S/C13H18O2/c1-9(2)6-12-7-10(3)4-5-11(12)8-13(14)15/h4-5,7,9H,6,8H2,1-3H3,(H,14,15). The van der Waals surface area contributed by atoms with Crippen molar-refractivity contribution in [3.05, 3.63) is 34.9 Å². The third-order valence-electron chi connectivity index (χ3n) is 2.33. The summed E-state index contributed by atoms with van der Waals surface area (Å²) in [7, 11) is 0. The molecule has 1 aromatic carbocycles. The van der Waals surface area contributed by atoms with E-state index in [0.29, 0.717) is 5.92 Å². The second-order valence-electron chi connectivity index (χ2n) is 4.44. The number of carboxylic acid groups (broad SMARTS) is 1. The molecule has 0 bridgehead atoms. The fourth-order valence-corrected chi connectivity index (χ4v) is 1.72. The molecule has 0 radical (unpaired) electrons. The Morgan fingerprint density at radius 2 is 2.00 bits per heavy atom. The molecular formula is C13H18O2. The van der Waals surface area contributed by atoms with Crippen LogP contribution in [0.2, 0.25) is 0 Å². The average Bonchev–Trinajstić information content (AvgIpc) is 2.08. The van der Waals surface area contributed by atoms with Crippen molar-refractivity contribution in [3.8, 4) is 0 Å². The third kappa shape index (κ3) is 3.74. The third-order valence-corrected chi connectivity index (χ3v) is 2.33. The van der Waals surface area contributed by atoms with E-state index in [-0.39, 0.29) is 6.42 Å². The fraction of sp³-hybridized carbons (Fsp3) is 0.462. The van der Waals surface area contributed by atoms with Crippen LogP contribution >= 0.6 is 0 Å². The van der Waals surface area contributed by atoms with E-state index in [2.05, 4.69) is 19.9 Å². The van der Waals surface area contributed by atoms with E-state index in [9.17, 15) is 4.79 Å². The van der Waals surface area contributed by atoms with Gasteiger partial charge in [-0.05, 0) is 30.4 Å². The van der Waals surface area contributed by atoms with Gasteiger partial charge < -0.3 is 5.11 Å². The molecule has 0 saturated carbocycles. The number of carbonyl (C=O) groups is 1. The minimum Gasteiger partial charge on any atom is -0.481 e. The Labute approximate surface area is 90.9 Å². The molecule has 0 fully saturated rings. The highest BCUT2D eigenvalue weighted by molar-refractivity contribution is 5.70. The molecule has 15 heavy (non-hydrogen) atoms. The van der Waals surface area contributed by atoms with Crippen LogP contribution in [0.15, 0.2) is 18.2 Å². The maximum atomic E-state index is 10.7. The van der Waals surface area contributed by atoms with Crippen LogP contribution in [-0.4, -0.2) is 11.1 Å². The number of aliphatic carboxylic acids is 1. The van der Waals surface area contributed by atoms with Gasteiger partial charge in [0.05, 0.1) is 6.42 Å². The van der Waals surface area contributed by atoms with E-state index in [1.54, 1.807) is 0 Å². The number of carboxylic acids is 1. The van der Waals surface area contributed by atoms with Crippen molar-refractivity contribution < 1.29 is 9.90 Å². The van der Waals surface area contributed by atoms with Gasteiger partial charge in [0.15, 0.2) is 0 Å². The van der Waals surface area contributed by atoms with Crippen molar-refractivity contribution in [2.75, 3.05) is 0 Å². The summed E-state index contributed by atoms with van der Waals surface area (Å²) in [6, 6.07) is 6.00. The molecule has 0 aromatic heterocycles. The van der Waals surface area contributed by atoms with Gasteiger partial charge >= 0.3 is 5.97 Å².